The molecular formula is C26H24N4O3S. The van der Waals surface area contributed by atoms with E-state index in [1.807, 2.05) is 74.5 Å². The van der Waals surface area contributed by atoms with Crippen molar-refractivity contribution in [3.8, 4) is 11.4 Å². The lowest BCUT2D eigenvalue weighted by Crippen LogP contribution is -2.24. The molecule has 8 heteroatoms. The highest BCUT2D eigenvalue weighted by atomic mass is 32.2. The van der Waals surface area contributed by atoms with E-state index in [2.05, 4.69) is 15.5 Å². The third-order valence-electron chi connectivity index (χ3n) is 5.21. The van der Waals surface area contributed by atoms with Crippen molar-refractivity contribution in [1.82, 2.24) is 15.0 Å². The normalized spacial score (nSPS) is 11.4. The molecule has 0 unspecified atom stereocenters. The van der Waals surface area contributed by atoms with Gasteiger partial charge in [0.1, 0.15) is 5.75 Å². The first-order valence-corrected chi connectivity index (χ1v) is 11.6. The van der Waals surface area contributed by atoms with E-state index in [-0.39, 0.29) is 17.2 Å². The Bertz CT molecular complexity index is 1430. The van der Waals surface area contributed by atoms with Crippen molar-refractivity contribution in [1.29, 1.82) is 0 Å². The number of rotatable bonds is 7. The maximum absolute atomic E-state index is 13.3. The van der Waals surface area contributed by atoms with Crippen LogP contribution < -0.4 is 15.7 Å². The average molecular weight is 473 g/mol. The molecule has 0 aliphatic carbocycles. The van der Waals surface area contributed by atoms with Crippen molar-refractivity contribution >= 4 is 34.3 Å². The first-order valence-electron chi connectivity index (χ1n) is 10.7. The third-order valence-corrected chi connectivity index (χ3v) is 6.14. The van der Waals surface area contributed by atoms with Crippen LogP contribution in [-0.2, 0) is 4.79 Å². The number of hydrogen-bond donors (Lipinski definition) is 1. The summed E-state index contributed by atoms with van der Waals surface area (Å²) >= 11 is 1.19. The van der Waals surface area contributed by atoms with Gasteiger partial charge in [0, 0.05) is 5.56 Å². The van der Waals surface area contributed by atoms with Crippen molar-refractivity contribution in [2.75, 3.05) is 12.9 Å². The number of aryl methyl sites for hydroxylation is 1. The fourth-order valence-corrected chi connectivity index (χ4v) is 4.16. The molecule has 0 aliphatic rings. The van der Waals surface area contributed by atoms with E-state index in [1.165, 1.54) is 11.8 Å². The largest absolute Gasteiger partial charge is 0.497 e. The Morgan fingerprint density at radius 2 is 1.85 bits per heavy atom. The van der Waals surface area contributed by atoms with Crippen LogP contribution in [0.2, 0.25) is 0 Å². The average Bonchev–Trinajstić information content (AvgIpc) is 2.87. The van der Waals surface area contributed by atoms with Crippen LogP contribution in [0.25, 0.3) is 16.6 Å². The summed E-state index contributed by atoms with van der Waals surface area (Å²) in [6, 6.07) is 22.3. The Hall–Kier alpha value is -3.91. The summed E-state index contributed by atoms with van der Waals surface area (Å²) in [5.74, 6) is 0.460. The molecule has 4 aromatic rings. The van der Waals surface area contributed by atoms with Gasteiger partial charge in [0.05, 0.1) is 35.2 Å². The highest BCUT2D eigenvalue weighted by Gasteiger charge is 2.15. The zero-order valence-corrected chi connectivity index (χ0v) is 19.9. The molecule has 7 nitrogen and oxygen atoms in total. The number of aromatic nitrogens is 2. The van der Waals surface area contributed by atoms with E-state index in [0.717, 1.165) is 11.1 Å². The van der Waals surface area contributed by atoms with Crippen molar-refractivity contribution in [2.24, 2.45) is 5.10 Å². The van der Waals surface area contributed by atoms with Gasteiger partial charge in [-0.2, -0.15) is 5.10 Å². The Morgan fingerprint density at radius 3 is 2.62 bits per heavy atom. The van der Waals surface area contributed by atoms with E-state index in [4.69, 9.17) is 4.74 Å². The molecule has 0 radical (unpaired) electrons. The summed E-state index contributed by atoms with van der Waals surface area (Å²) in [7, 11) is 1.60. The number of para-hydroxylation sites is 1. The van der Waals surface area contributed by atoms with Crippen LogP contribution in [0.3, 0.4) is 0 Å². The number of thioether (sulfide) groups is 1. The van der Waals surface area contributed by atoms with Gasteiger partial charge in [-0.1, -0.05) is 53.7 Å². The van der Waals surface area contributed by atoms with Gasteiger partial charge >= 0.3 is 0 Å². The van der Waals surface area contributed by atoms with Gasteiger partial charge in [-0.25, -0.2) is 10.4 Å². The Balaban J connectivity index is 1.56. The van der Waals surface area contributed by atoms with Crippen molar-refractivity contribution < 1.29 is 9.53 Å². The Morgan fingerprint density at radius 1 is 1.09 bits per heavy atom. The molecule has 1 N–H and O–H groups in total. The van der Waals surface area contributed by atoms with E-state index in [1.54, 1.807) is 23.8 Å². The molecule has 0 saturated carbocycles. The summed E-state index contributed by atoms with van der Waals surface area (Å²) in [6.07, 6.45) is 0. The van der Waals surface area contributed by atoms with Crippen molar-refractivity contribution in [3.05, 3.63) is 94.3 Å². The van der Waals surface area contributed by atoms with E-state index >= 15 is 0 Å². The number of nitrogens with zero attached hydrogens (tertiary/aromatic N) is 3. The summed E-state index contributed by atoms with van der Waals surface area (Å²) < 4.78 is 6.78. The van der Waals surface area contributed by atoms with E-state index in [0.29, 0.717) is 33.2 Å². The minimum atomic E-state index is -0.301. The zero-order chi connectivity index (χ0) is 24.1. The molecule has 3 aromatic carbocycles. The SMILES string of the molecule is COc1cccc(/C(C)=N/NC(=O)CSc2nc3ccccc3c(=O)n2-c2ccc(C)cc2)c1. The first-order chi connectivity index (χ1) is 16.5. The third kappa shape index (κ3) is 5.18. The van der Waals surface area contributed by atoms with Crippen molar-refractivity contribution in [2.45, 2.75) is 19.0 Å². The molecule has 1 aromatic heterocycles. The van der Waals surface area contributed by atoms with Gasteiger partial charge in [-0.15, -0.1) is 0 Å². The molecule has 172 valence electrons. The minimum absolute atomic E-state index is 0.0472. The molecule has 0 spiro atoms. The number of methoxy groups -OCH3 is 1. The lowest BCUT2D eigenvalue weighted by atomic mass is 10.1. The second-order valence-corrected chi connectivity index (χ2v) is 8.58. The van der Waals surface area contributed by atoms with Crippen LogP contribution in [0.5, 0.6) is 5.75 Å². The maximum atomic E-state index is 13.3. The van der Waals surface area contributed by atoms with Gasteiger partial charge in [0.15, 0.2) is 5.16 Å². The molecule has 1 amide bonds. The standard InChI is InChI=1S/C26H24N4O3S/c1-17-11-13-20(14-12-17)30-25(32)22-9-4-5-10-23(22)27-26(30)34-16-24(31)29-28-18(2)19-7-6-8-21(15-19)33-3/h4-15H,16H2,1-3H3,(H,29,31)/b28-18+. The number of fused-ring (bicyclic) bond motifs is 1. The number of nitrogens with one attached hydrogen (secondary N) is 1. The lowest BCUT2D eigenvalue weighted by molar-refractivity contribution is -0.118. The van der Waals surface area contributed by atoms with Crippen LogP contribution in [0.15, 0.2) is 87.8 Å². The second-order valence-electron chi connectivity index (χ2n) is 7.64. The molecule has 0 fully saturated rings. The van der Waals surface area contributed by atoms with Crippen LogP contribution in [0.1, 0.15) is 18.1 Å². The predicted octanol–water partition coefficient (Wildman–Crippen LogP) is 4.34. The fourth-order valence-electron chi connectivity index (χ4n) is 3.35. The molecule has 4 rings (SSSR count). The summed E-state index contributed by atoms with van der Waals surface area (Å²) in [5.41, 5.74) is 6.27. The molecule has 0 saturated heterocycles. The van der Waals surface area contributed by atoms with E-state index in [9.17, 15) is 9.59 Å². The molecule has 1 heterocycles. The molecule has 34 heavy (non-hydrogen) atoms. The Kier molecular flexibility index (Phi) is 7.08. The number of ether oxygens (including phenoxy) is 1. The highest BCUT2D eigenvalue weighted by Crippen LogP contribution is 2.21. The monoisotopic (exact) mass is 472 g/mol. The van der Waals surface area contributed by atoms with Crippen molar-refractivity contribution in [3.63, 3.8) is 0 Å². The van der Waals surface area contributed by atoms with Gasteiger partial charge < -0.3 is 4.74 Å². The topological polar surface area (TPSA) is 85.6 Å². The first kappa shape index (κ1) is 23.3. The second kappa shape index (κ2) is 10.4. The number of benzene rings is 3. The number of hydrazone groups is 1. The van der Waals surface area contributed by atoms with Crippen LogP contribution in [0, 0.1) is 6.92 Å². The fraction of sp³-hybridized carbons (Fsp3) is 0.154. The summed E-state index contributed by atoms with van der Waals surface area (Å²) in [5, 5.41) is 5.16. The van der Waals surface area contributed by atoms with Crippen LogP contribution in [-0.4, -0.2) is 34.0 Å². The van der Waals surface area contributed by atoms with E-state index < -0.39 is 0 Å². The predicted molar refractivity (Wildman–Crippen MR) is 136 cm³/mol. The maximum Gasteiger partial charge on any atom is 0.266 e. The molecule has 0 aliphatic heterocycles. The Labute approximate surface area is 201 Å². The number of carbonyl (C=O) groups is 1. The molecule has 0 atom stereocenters. The lowest BCUT2D eigenvalue weighted by Gasteiger charge is -2.13. The minimum Gasteiger partial charge on any atom is -0.497 e. The van der Waals surface area contributed by atoms with Gasteiger partial charge in [0.25, 0.3) is 11.5 Å². The number of carbonyl (C=O) groups excluding carboxylic acids is 1. The summed E-state index contributed by atoms with van der Waals surface area (Å²) in [4.78, 5) is 30.5. The smallest absolute Gasteiger partial charge is 0.266 e. The van der Waals surface area contributed by atoms with Gasteiger partial charge in [0.2, 0.25) is 0 Å². The quantitative estimate of drug-likeness (QED) is 0.187. The molecular weight excluding hydrogens is 448 g/mol. The highest BCUT2D eigenvalue weighted by molar-refractivity contribution is 7.99. The number of amides is 1. The van der Waals surface area contributed by atoms with Gasteiger partial charge in [-0.3, -0.25) is 14.2 Å². The van der Waals surface area contributed by atoms with Crippen LogP contribution >= 0.6 is 11.8 Å². The summed E-state index contributed by atoms with van der Waals surface area (Å²) in [6.45, 7) is 3.79. The van der Waals surface area contributed by atoms with Gasteiger partial charge in [-0.05, 0) is 50.2 Å². The molecule has 0 bridgehead atoms. The zero-order valence-electron chi connectivity index (χ0n) is 19.1. The number of hydrogen-bond acceptors (Lipinski definition) is 6. The van der Waals surface area contributed by atoms with Crippen LogP contribution in [0.4, 0.5) is 0 Å².